The molecule has 5 nitrogen and oxygen atoms in total. The van der Waals surface area contributed by atoms with Gasteiger partial charge >= 0.3 is 0 Å². The van der Waals surface area contributed by atoms with Crippen molar-refractivity contribution in [3.8, 4) is 0 Å². The Hall–Kier alpha value is -2.47. The number of benzene rings is 1. The first-order valence-corrected chi connectivity index (χ1v) is 7.22. The summed E-state index contributed by atoms with van der Waals surface area (Å²) in [7, 11) is 3.46. The van der Waals surface area contributed by atoms with Gasteiger partial charge in [-0.05, 0) is 54.2 Å². The van der Waals surface area contributed by atoms with E-state index in [4.69, 9.17) is 12.2 Å². The summed E-state index contributed by atoms with van der Waals surface area (Å²) in [5, 5.41) is 6.74. The standard InChI is InChI=1S/C16H18N4OS/c1-20(2)15(21)13-3-5-14(6-4-13)19-16(22)18-11-12-7-9-17-10-8-12/h3-10H,11H2,1-2H3,(H2,18,19,22). The topological polar surface area (TPSA) is 57.3 Å². The van der Waals surface area contributed by atoms with Crippen molar-refractivity contribution in [1.82, 2.24) is 15.2 Å². The molecule has 2 rings (SSSR count). The lowest BCUT2D eigenvalue weighted by molar-refractivity contribution is 0.0827. The molecule has 2 aromatic rings. The molecule has 0 atom stereocenters. The van der Waals surface area contributed by atoms with E-state index in [0.29, 0.717) is 17.2 Å². The third kappa shape index (κ3) is 4.53. The Morgan fingerprint density at radius 2 is 1.77 bits per heavy atom. The highest BCUT2D eigenvalue weighted by atomic mass is 32.1. The van der Waals surface area contributed by atoms with Crippen LogP contribution in [0, 0.1) is 0 Å². The van der Waals surface area contributed by atoms with Gasteiger partial charge in [0.25, 0.3) is 5.91 Å². The van der Waals surface area contributed by atoms with Crippen molar-refractivity contribution in [2.24, 2.45) is 0 Å². The minimum absolute atomic E-state index is 0.0232. The average molecular weight is 314 g/mol. The Kier molecular flexibility index (Phi) is 5.43. The van der Waals surface area contributed by atoms with Crippen LogP contribution in [0.3, 0.4) is 0 Å². The first-order chi connectivity index (χ1) is 10.6. The maximum absolute atomic E-state index is 11.8. The molecule has 0 radical (unpaired) electrons. The summed E-state index contributed by atoms with van der Waals surface area (Å²) in [6.45, 7) is 0.631. The maximum Gasteiger partial charge on any atom is 0.253 e. The number of carbonyl (C=O) groups excluding carboxylic acids is 1. The third-order valence-electron chi connectivity index (χ3n) is 3.00. The lowest BCUT2D eigenvalue weighted by Gasteiger charge is -2.12. The molecule has 1 amide bonds. The predicted octanol–water partition coefficient (Wildman–Crippen LogP) is 2.27. The number of nitrogens with zero attached hydrogens (tertiary/aromatic N) is 2. The molecule has 114 valence electrons. The number of hydrogen-bond donors (Lipinski definition) is 2. The van der Waals surface area contributed by atoms with Crippen molar-refractivity contribution in [3.63, 3.8) is 0 Å². The fraction of sp³-hybridized carbons (Fsp3) is 0.188. The SMILES string of the molecule is CN(C)C(=O)c1ccc(NC(=S)NCc2ccncc2)cc1. The summed E-state index contributed by atoms with van der Waals surface area (Å²) in [6.07, 6.45) is 3.49. The van der Waals surface area contributed by atoms with Crippen molar-refractivity contribution in [1.29, 1.82) is 0 Å². The summed E-state index contributed by atoms with van der Waals surface area (Å²) in [5.41, 5.74) is 2.58. The molecule has 1 aromatic heterocycles. The second-order valence-corrected chi connectivity index (χ2v) is 5.35. The van der Waals surface area contributed by atoms with Gasteiger partial charge in [-0.3, -0.25) is 9.78 Å². The van der Waals surface area contributed by atoms with E-state index in [-0.39, 0.29) is 5.91 Å². The van der Waals surface area contributed by atoms with Crippen LogP contribution in [0.2, 0.25) is 0 Å². The highest BCUT2D eigenvalue weighted by molar-refractivity contribution is 7.80. The molecule has 0 saturated carbocycles. The molecular formula is C16H18N4OS. The second kappa shape index (κ2) is 7.51. The Bertz CT molecular complexity index is 641. The van der Waals surface area contributed by atoms with E-state index < -0.39 is 0 Å². The molecule has 0 aliphatic heterocycles. The van der Waals surface area contributed by atoms with Crippen molar-refractivity contribution < 1.29 is 4.79 Å². The van der Waals surface area contributed by atoms with E-state index in [9.17, 15) is 4.79 Å². The van der Waals surface area contributed by atoms with Crippen molar-refractivity contribution in [3.05, 3.63) is 59.9 Å². The van der Waals surface area contributed by atoms with Crippen LogP contribution >= 0.6 is 12.2 Å². The fourth-order valence-electron chi connectivity index (χ4n) is 1.81. The molecule has 22 heavy (non-hydrogen) atoms. The van der Waals surface area contributed by atoms with E-state index in [1.807, 2.05) is 24.3 Å². The number of hydrogen-bond acceptors (Lipinski definition) is 3. The van der Waals surface area contributed by atoms with Gasteiger partial charge in [-0.15, -0.1) is 0 Å². The Balaban J connectivity index is 1.88. The minimum atomic E-state index is -0.0232. The van der Waals surface area contributed by atoms with Crippen LogP contribution in [0.5, 0.6) is 0 Å². The maximum atomic E-state index is 11.8. The molecule has 2 N–H and O–H groups in total. The molecule has 0 aliphatic rings. The molecule has 0 spiro atoms. The fourth-order valence-corrected chi connectivity index (χ4v) is 2.00. The van der Waals surface area contributed by atoms with E-state index in [2.05, 4.69) is 15.6 Å². The van der Waals surface area contributed by atoms with Crippen molar-refractivity contribution in [2.45, 2.75) is 6.54 Å². The molecule has 1 heterocycles. The zero-order valence-corrected chi connectivity index (χ0v) is 13.4. The first-order valence-electron chi connectivity index (χ1n) is 6.82. The Morgan fingerprint density at radius 3 is 2.36 bits per heavy atom. The van der Waals surface area contributed by atoms with Gasteiger partial charge in [0.15, 0.2) is 5.11 Å². The summed E-state index contributed by atoms with van der Waals surface area (Å²) in [6, 6.07) is 11.1. The molecule has 0 saturated heterocycles. The number of carbonyl (C=O) groups is 1. The predicted molar refractivity (Wildman–Crippen MR) is 91.8 cm³/mol. The van der Waals surface area contributed by atoms with Gasteiger partial charge in [0, 0.05) is 44.3 Å². The molecule has 0 fully saturated rings. The van der Waals surface area contributed by atoms with Crippen LogP contribution in [0.15, 0.2) is 48.8 Å². The number of aromatic nitrogens is 1. The van der Waals surface area contributed by atoms with Crippen LogP contribution in [0.25, 0.3) is 0 Å². The van der Waals surface area contributed by atoms with Crippen molar-refractivity contribution >= 4 is 28.9 Å². The van der Waals surface area contributed by atoms with E-state index in [1.165, 1.54) is 0 Å². The molecule has 0 unspecified atom stereocenters. The van der Waals surface area contributed by atoms with Gasteiger partial charge < -0.3 is 15.5 Å². The van der Waals surface area contributed by atoms with Crippen molar-refractivity contribution in [2.75, 3.05) is 19.4 Å². The number of thiocarbonyl (C=S) groups is 1. The Morgan fingerprint density at radius 1 is 1.14 bits per heavy atom. The lowest BCUT2D eigenvalue weighted by atomic mass is 10.2. The first kappa shape index (κ1) is 15.9. The van der Waals surface area contributed by atoms with E-state index >= 15 is 0 Å². The van der Waals surface area contributed by atoms with Gasteiger partial charge in [0.1, 0.15) is 0 Å². The minimum Gasteiger partial charge on any atom is -0.358 e. The van der Waals surface area contributed by atoms with Gasteiger partial charge in [0.2, 0.25) is 0 Å². The summed E-state index contributed by atoms with van der Waals surface area (Å²) in [4.78, 5) is 17.3. The zero-order valence-electron chi connectivity index (χ0n) is 12.5. The second-order valence-electron chi connectivity index (χ2n) is 4.94. The number of pyridine rings is 1. The molecule has 1 aromatic carbocycles. The highest BCUT2D eigenvalue weighted by Crippen LogP contribution is 2.10. The van der Waals surface area contributed by atoms with Crippen LogP contribution in [0.4, 0.5) is 5.69 Å². The average Bonchev–Trinajstić information content (AvgIpc) is 2.54. The highest BCUT2D eigenvalue weighted by Gasteiger charge is 2.07. The number of rotatable bonds is 4. The largest absolute Gasteiger partial charge is 0.358 e. The van der Waals surface area contributed by atoms with Gasteiger partial charge in [-0.1, -0.05) is 0 Å². The molecule has 6 heteroatoms. The summed E-state index contributed by atoms with van der Waals surface area (Å²) < 4.78 is 0. The van der Waals surface area contributed by atoms with Gasteiger partial charge in [-0.25, -0.2) is 0 Å². The number of nitrogens with one attached hydrogen (secondary N) is 2. The quantitative estimate of drug-likeness (QED) is 0.848. The van der Waals surface area contributed by atoms with Crippen LogP contribution in [-0.2, 0) is 6.54 Å². The molecule has 0 aliphatic carbocycles. The van der Waals surface area contributed by atoms with Crippen LogP contribution < -0.4 is 10.6 Å². The number of anilines is 1. The van der Waals surface area contributed by atoms with Crippen LogP contribution in [-0.4, -0.2) is 35.0 Å². The third-order valence-corrected chi connectivity index (χ3v) is 3.24. The molecule has 0 bridgehead atoms. The smallest absolute Gasteiger partial charge is 0.253 e. The summed E-state index contributed by atoms with van der Waals surface area (Å²) >= 11 is 5.25. The van der Waals surface area contributed by atoms with Gasteiger partial charge in [0.05, 0.1) is 0 Å². The molecular weight excluding hydrogens is 296 g/mol. The summed E-state index contributed by atoms with van der Waals surface area (Å²) in [5.74, 6) is -0.0232. The zero-order chi connectivity index (χ0) is 15.9. The normalized spacial score (nSPS) is 9.91. The number of amides is 1. The van der Waals surface area contributed by atoms with Gasteiger partial charge in [-0.2, -0.15) is 0 Å². The Labute approximate surface area is 135 Å². The lowest BCUT2D eigenvalue weighted by Crippen LogP contribution is -2.28. The van der Waals surface area contributed by atoms with E-state index in [0.717, 1.165) is 11.3 Å². The monoisotopic (exact) mass is 314 g/mol. The van der Waals surface area contributed by atoms with Crippen LogP contribution in [0.1, 0.15) is 15.9 Å². The van der Waals surface area contributed by atoms with E-state index in [1.54, 1.807) is 43.5 Å².